The van der Waals surface area contributed by atoms with Gasteiger partial charge in [-0.3, -0.25) is 0 Å². The molecule has 0 aromatic heterocycles. The molecule has 0 aliphatic heterocycles. The first-order chi connectivity index (χ1) is 4.91. The molecule has 2 heteroatoms. The molecular weight excluding hydrogens is 158 g/mol. The third-order valence-electron chi connectivity index (χ3n) is 1.58. The van der Waals surface area contributed by atoms with Crippen molar-refractivity contribution in [2.24, 2.45) is 0 Å². The van der Waals surface area contributed by atoms with Gasteiger partial charge in [-0.1, -0.05) is 40.9 Å². The highest BCUT2D eigenvalue weighted by molar-refractivity contribution is 8.11. The SMILES string of the molecule is CCCCCCCPPC. The van der Waals surface area contributed by atoms with E-state index in [0.717, 1.165) is 0 Å². The summed E-state index contributed by atoms with van der Waals surface area (Å²) in [6.45, 7) is 4.58. The lowest BCUT2D eigenvalue weighted by Gasteiger charge is -1.98. The van der Waals surface area contributed by atoms with Crippen molar-refractivity contribution < 1.29 is 0 Å². The Bertz CT molecular complexity index is 47.2. The predicted octanol–water partition coefficient (Wildman–Crippen LogP) is 3.86. The van der Waals surface area contributed by atoms with Crippen molar-refractivity contribution in [3.63, 3.8) is 0 Å². The molecule has 0 aliphatic carbocycles. The molecular formula is C8H20P2. The second-order valence-corrected chi connectivity index (χ2v) is 6.51. The second-order valence-electron chi connectivity index (χ2n) is 2.59. The predicted molar refractivity (Wildman–Crippen MR) is 56.2 cm³/mol. The van der Waals surface area contributed by atoms with E-state index in [9.17, 15) is 0 Å². The fourth-order valence-electron chi connectivity index (χ4n) is 0.942. The molecule has 0 saturated carbocycles. The van der Waals surface area contributed by atoms with Gasteiger partial charge in [0.1, 0.15) is 0 Å². The maximum atomic E-state index is 2.31. The van der Waals surface area contributed by atoms with Gasteiger partial charge in [-0.15, -0.1) is 8.27 Å². The lowest BCUT2D eigenvalue weighted by Crippen LogP contribution is -1.77. The molecule has 0 fully saturated rings. The van der Waals surface area contributed by atoms with Crippen LogP contribution in [0.25, 0.3) is 0 Å². The van der Waals surface area contributed by atoms with Crippen LogP contribution < -0.4 is 0 Å². The monoisotopic (exact) mass is 178 g/mol. The first-order valence-electron chi connectivity index (χ1n) is 4.31. The molecule has 0 aromatic carbocycles. The number of hydrogen-bond donors (Lipinski definition) is 0. The van der Waals surface area contributed by atoms with E-state index in [0.29, 0.717) is 0 Å². The van der Waals surface area contributed by atoms with Gasteiger partial charge in [0.2, 0.25) is 0 Å². The van der Waals surface area contributed by atoms with Crippen LogP contribution in [0.1, 0.15) is 39.0 Å². The molecule has 0 nitrogen and oxygen atoms in total. The fourth-order valence-corrected chi connectivity index (χ4v) is 2.90. The van der Waals surface area contributed by atoms with Crippen molar-refractivity contribution in [1.29, 1.82) is 0 Å². The van der Waals surface area contributed by atoms with Crippen LogP contribution in [0.4, 0.5) is 0 Å². The van der Waals surface area contributed by atoms with E-state index in [4.69, 9.17) is 0 Å². The summed E-state index contributed by atoms with van der Waals surface area (Å²) in [6, 6.07) is 0. The summed E-state index contributed by atoms with van der Waals surface area (Å²) in [5.74, 6) is 0. The molecule has 0 saturated heterocycles. The zero-order chi connectivity index (χ0) is 7.66. The average Bonchev–Trinajstić information content (AvgIpc) is 1.97. The van der Waals surface area contributed by atoms with Crippen LogP contribution >= 0.6 is 16.5 Å². The average molecular weight is 178 g/mol. The Labute approximate surface area is 69.0 Å². The maximum Gasteiger partial charge on any atom is -0.0317 e. The highest BCUT2D eigenvalue weighted by atomic mass is 32.0. The van der Waals surface area contributed by atoms with Gasteiger partial charge in [-0.2, -0.15) is 0 Å². The largest absolute Gasteiger partial charge is 0.102 e. The summed E-state index contributed by atoms with van der Waals surface area (Å²) in [7, 11) is 2.45. The van der Waals surface area contributed by atoms with Gasteiger partial charge >= 0.3 is 0 Å². The molecule has 0 bridgehead atoms. The smallest absolute Gasteiger partial charge is 0.0317 e. The Hall–Kier alpha value is 0.860. The van der Waals surface area contributed by atoms with E-state index in [1.807, 2.05) is 0 Å². The van der Waals surface area contributed by atoms with Gasteiger partial charge in [0.25, 0.3) is 0 Å². The Kier molecular flexibility index (Phi) is 10.7. The van der Waals surface area contributed by atoms with Crippen molar-refractivity contribution in [2.45, 2.75) is 39.0 Å². The second kappa shape index (κ2) is 9.86. The van der Waals surface area contributed by atoms with Crippen LogP contribution in [0.5, 0.6) is 0 Å². The number of rotatable bonds is 7. The van der Waals surface area contributed by atoms with Crippen LogP contribution in [0.2, 0.25) is 0 Å². The Balaban J connectivity index is 2.65. The van der Waals surface area contributed by atoms with Crippen LogP contribution in [-0.4, -0.2) is 12.8 Å². The topological polar surface area (TPSA) is 0 Å². The van der Waals surface area contributed by atoms with Crippen molar-refractivity contribution >= 4 is 16.5 Å². The van der Waals surface area contributed by atoms with Crippen molar-refractivity contribution in [3.8, 4) is 0 Å². The molecule has 0 rings (SSSR count). The highest BCUT2D eigenvalue weighted by Gasteiger charge is 1.87. The zero-order valence-electron chi connectivity index (χ0n) is 7.24. The Morgan fingerprint density at radius 2 is 1.70 bits per heavy atom. The Morgan fingerprint density at radius 3 is 2.30 bits per heavy atom. The van der Waals surface area contributed by atoms with Crippen LogP contribution in [0.3, 0.4) is 0 Å². The summed E-state index contributed by atoms with van der Waals surface area (Å²) in [5, 5.41) is 0. The highest BCUT2D eigenvalue weighted by Crippen LogP contribution is 2.33. The third kappa shape index (κ3) is 8.86. The van der Waals surface area contributed by atoms with Gasteiger partial charge in [0.05, 0.1) is 0 Å². The maximum absolute atomic E-state index is 2.31. The summed E-state index contributed by atoms with van der Waals surface area (Å²) in [6.07, 6.45) is 8.74. The van der Waals surface area contributed by atoms with Crippen molar-refractivity contribution in [2.75, 3.05) is 12.8 Å². The third-order valence-corrected chi connectivity index (χ3v) is 4.35. The molecule has 0 aliphatic rings. The molecule has 2 unspecified atom stereocenters. The molecule has 0 amide bonds. The van der Waals surface area contributed by atoms with E-state index in [-0.39, 0.29) is 0 Å². The normalized spacial score (nSPS) is 12.6. The van der Waals surface area contributed by atoms with E-state index in [1.54, 1.807) is 0 Å². The quantitative estimate of drug-likeness (QED) is 0.410. The fraction of sp³-hybridized carbons (Fsp3) is 1.00. The lowest BCUT2D eigenvalue weighted by molar-refractivity contribution is 0.659. The minimum Gasteiger partial charge on any atom is -0.102 e. The molecule has 10 heavy (non-hydrogen) atoms. The summed E-state index contributed by atoms with van der Waals surface area (Å²) >= 11 is 0. The van der Waals surface area contributed by atoms with Gasteiger partial charge in [-0.05, 0) is 19.2 Å². The van der Waals surface area contributed by atoms with E-state index < -0.39 is 0 Å². The molecule has 2 atom stereocenters. The van der Waals surface area contributed by atoms with E-state index in [2.05, 4.69) is 13.6 Å². The molecule has 0 radical (unpaired) electrons. The first-order valence-corrected chi connectivity index (χ1v) is 8.02. The van der Waals surface area contributed by atoms with Gasteiger partial charge in [0.15, 0.2) is 0 Å². The van der Waals surface area contributed by atoms with Gasteiger partial charge in [-0.25, -0.2) is 0 Å². The minimum atomic E-state index is 1.20. The molecule has 0 spiro atoms. The van der Waals surface area contributed by atoms with Crippen molar-refractivity contribution in [1.82, 2.24) is 0 Å². The standard InChI is InChI=1S/C8H20P2/c1-3-4-5-6-7-8-10-9-2/h9-10H,3-8H2,1-2H3. The molecule has 0 aromatic rings. The molecule has 0 N–H and O–H groups in total. The molecule has 0 heterocycles. The number of hydrogen-bond acceptors (Lipinski definition) is 0. The summed E-state index contributed by atoms with van der Waals surface area (Å²) in [5.41, 5.74) is 0. The van der Waals surface area contributed by atoms with Crippen LogP contribution in [-0.2, 0) is 0 Å². The minimum absolute atomic E-state index is 1.20. The lowest BCUT2D eigenvalue weighted by atomic mass is 10.2. The van der Waals surface area contributed by atoms with E-state index in [1.165, 1.54) is 54.8 Å². The van der Waals surface area contributed by atoms with Crippen LogP contribution in [0, 0.1) is 0 Å². The summed E-state index contributed by atoms with van der Waals surface area (Å²) in [4.78, 5) is 0. The van der Waals surface area contributed by atoms with Gasteiger partial charge < -0.3 is 0 Å². The zero-order valence-corrected chi connectivity index (χ0v) is 9.24. The van der Waals surface area contributed by atoms with Crippen LogP contribution in [0.15, 0.2) is 0 Å². The summed E-state index contributed by atoms with van der Waals surface area (Å²) < 4.78 is 0. The Morgan fingerprint density at radius 1 is 1.00 bits per heavy atom. The molecule has 62 valence electrons. The number of unbranched alkanes of at least 4 members (excludes halogenated alkanes) is 4. The first kappa shape index (κ1) is 10.9. The van der Waals surface area contributed by atoms with E-state index >= 15 is 0 Å². The van der Waals surface area contributed by atoms with Gasteiger partial charge in [0, 0.05) is 0 Å². The van der Waals surface area contributed by atoms with Crippen molar-refractivity contribution in [3.05, 3.63) is 0 Å².